The predicted octanol–water partition coefficient (Wildman–Crippen LogP) is 3.46. The summed E-state index contributed by atoms with van der Waals surface area (Å²) in [4.78, 5) is 11.8. The average molecular weight is 383 g/mol. The maximum atomic E-state index is 12.5. The van der Waals surface area contributed by atoms with E-state index in [1.165, 1.54) is 19.2 Å². The van der Waals surface area contributed by atoms with Crippen molar-refractivity contribution in [1.29, 1.82) is 0 Å². The van der Waals surface area contributed by atoms with Gasteiger partial charge in [0.1, 0.15) is 0 Å². The van der Waals surface area contributed by atoms with Crippen molar-refractivity contribution >= 4 is 26.8 Å². The number of carbonyl (C=O) groups excluding carboxylic acids is 1. The Bertz CT molecular complexity index is 1090. The highest BCUT2D eigenvalue weighted by molar-refractivity contribution is 7.89. The number of nitrogens with one attached hydrogen (secondary N) is 1. The molecule has 0 aromatic heterocycles. The monoisotopic (exact) mass is 383 g/mol. The van der Waals surface area contributed by atoms with Crippen LogP contribution in [0.25, 0.3) is 10.8 Å². The van der Waals surface area contributed by atoms with Crippen molar-refractivity contribution in [2.24, 2.45) is 0 Å². The number of fused-ring (bicyclic) bond motifs is 1. The molecule has 0 fully saturated rings. The van der Waals surface area contributed by atoms with Crippen LogP contribution in [0.1, 0.15) is 21.5 Å². The summed E-state index contributed by atoms with van der Waals surface area (Å²) in [6.45, 7) is 2.00. The fourth-order valence-electron chi connectivity index (χ4n) is 2.91. The van der Waals surface area contributed by atoms with E-state index in [-0.39, 0.29) is 17.0 Å². The third kappa shape index (κ3) is 4.35. The van der Waals surface area contributed by atoms with Crippen LogP contribution >= 0.6 is 0 Å². The van der Waals surface area contributed by atoms with Crippen LogP contribution in [0.2, 0.25) is 0 Å². The maximum absolute atomic E-state index is 12.5. The molecule has 0 unspecified atom stereocenters. The minimum absolute atomic E-state index is 0.0482. The summed E-state index contributed by atoms with van der Waals surface area (Å²) in [5.41, 5.74) is 1.96. The van der Waals surface area contributed by atoms with Gasteiger partial charge in [0.05, 0.1) is 17.6 Å². The molecule has 3 aromatic carbocycles. The van der Waals surface area contributed by atoms with Crippen molar-refractivity contribution in [1.82, 2.24) is 4.72 Å². The van der Waals surface area contributed by atoms with E-state index in [1.807, 2.05) is 36.4 Å². The molecule has 0 atom stereocenters. The number of esters is 1. The van der Waals surface area contributed by atoms with Crippen LogP contribution in [-0.2, 0) is 21.2 Å². The van der Waals surface area contributed by atoms with E-state index in [2.05, 4.69) is 10.8 Å². The zero-order chi connectivity index (χ0) is 19.4. The Kier molecular flexibility index (Phi) is 5.58. The normalized spacial score (nSPS) is 11.5. The summed E-state index contributed by atoms with van der Waals surface area (Å²) >= 11 is 0. The number of rotatable bonds is 6. The molecule has 3 aromatic rings. The number of ether oxygens (including phenoxy) is 1. The molecule has 6 heteroatoms. The van der Waals surface area contributed by atoms with Gasteiger partial charge in [-0.15, -0.1) is 0 Å². The van der Waals surface area contributed by atoms with Crippen LogP contribution in [0.5, 0.6) is 0 Å². The second-order valence-corrected chi connectivity index (χ2v) is 8.06. The molecular formula is C21H21NO4S. The number of sulfonamides is 1. The molecule has 0 spiro atoms. The summed E-state index contributed by atoms with van der Waals surface area (Å²) in [6.07, 6.45) is 0.569. The second kappa shape index (κ2) is 7.90. The summed E-state index contributed by atoms with van der Waals surface area (Å²) < 4.78 is 32.4. The molecule has 0 aliphatic heterocycles. The Morgan fingerprint density at radius 1 is 1.00 bits per heavy atom. The van der Waals surface area contributed by atoms with Crippen LogP contribution in [-0.4, -0.2) is 28.0 Å². The maximum Gasteiger partial charge on any atom is 0.338 e. The van der Waals surface area contributed by atoms with Gasteiger partial charge in [0, 0.05) is 6.54 Å². The molecule has 0 saturated heterocycles. The minimum atomic E-state index is -3.71. The highest BCUT2D eigenvalue weighted by Gasteiger charge is 2.18. The van der Waals surface area contributed by atoms with E-state index in [4.69, 9.17) is 4.74 Å². The van der Waals surface area contributed by atoms with Gasteiger partial charge >= 0.3 is 5.97 Å². The zero-order valence-electron chi connectivity index (χ0n) is 15.2. The smallest absolute Gasteiger partial charge is 0.338 e. The Labute approximate surface area is 159 Å². The van der Waals surface area contributed by atoms with Crippen LogP contribution in [0, 0.1) is 6.92 Å². The van der Waals surface area contributed by atoms with Crippen LogP contribution in [0.3, 0.4) is 0 Å². The van der Waals surface area contributed by atoms with Gasteiger partial charge in [-0.25, -0.2) is 17.9 Å². The number of benzene rings is 3. The second-order valence-electron chi connectivity index (χ2n) is 6.30. The van der Waals surface area contributed by atoms with Gasteiger partial charge in [-0.1, -0.05) is 48.5 Å². The summed E-state index contributed by atoms with van der Waals surface area (Å²) in [5, 5.41) is 2.27. The van der Waals surface area contributed by atoms with Crippen molar-refractivity contribution in [3.8, 4) is 0 Å². The quantitative estimate of drug-likeness (QED) is 0.662. The van der Waals surface area contributed by atoms with Gasteiger partial charge in [0.15, 0.2) is 0 Å². The summed E-state index contributed by atoms with van der Waals surface area (Å²) in [5.74, 6) is -0.555. The Balaban J connectivity index is 1.72. The van der Waals surface area contributed by atoms with E-state index < -0.39 is 16.0 Å². The highest BCUT2D eigenvalue weighted by Crippen LogP contribution is 2.18. The van der Waals surface area contributed by atoms with Gasteiger partial charge in [-0.05, 0) is 47.4 Å². The average Bonchev–Trinajstić information content (AvgIpc) is 2.67. The molecule has 0 bridgehead atoms. The minimum Gasteiger partial charge on any atom is -0.465 e. The van der Waals surface area contributed by atoms with Crippen molar-refractivity contribution in [3.63, 3.8) is 0 Å². The Hall–Kier alpha value is -2.70. The van der Waals surface area contributed by atoms with Crippen molar-refractivity contribution in [2.75, 3.05) is 13.7 Å². The molecule has 140 valence electrons. The first kappa shape index (κ1) is 19.1. The largest absolute Gasteiger partial charge is 0.465 e. The number of hydrogen-bond acceptors (Lipinski definition) is 4. The molecule has 5 nitrogen and oxygen atoms in total. The third-order valence-corrected chi connectivity index (χ3v) is 5.90. The lowest BCUT2D eigenvalue weighted by Crippen LogP contribution is -2.26. The first-order valence-electron chi connectivity index (χ1n) is 8.57. The summed E-state index contributed by atoms with van der Waals surface area (Å²) in [6, 6.07) is 18.6. The molecular weight excluding hydrogens is 362 g/mol. The van der Waals surface area contributed by atoms with Gasteiger partial charge in [0.25, 0.3) is 0 Å². The fraction of sp³-hybridized carbons (Fsp3) is 0.190. The fourth-order valence-corrected chi connectivity index (χ4v) is 3.96. The molecule has 1 N–H and O–H groups in total. The lowest BCUT2D eigenvalue weighted by atomic mass is 10.1. The first-order valence-corrected chi connectivity index (χ1v) is 10.1. The number of hydrogen-bond donors (Lipinski definition) is 1. The Morgan fingerprint density at radius 3 is 2.48 bits per heavy atom. The van der Waals surface area contributed by atoms with Gasteiger partial charge < -0.3 is 4.74 Å². The molecule has 0 aliphatic carbocycles. The standard InChI is InChI=1S/C21H21NO4S/c1-15-7-10-19(14-20(15)21(23)26-2)27(24,25)22-12-11-16-8-9-17-5-3-4-6-18(17)13-16/h3-10,13-14,22H,11-12H2,1-2H3. The van der Waals surface area contributed by atoms with E-state index in [0.29, 0.717) is 12.0 Å². The van der Waals surface area contributed by atoms with Crippen LogP contribution in [0.4, 0.5) is 0 Å². The van der Waals surface area contributed by atoms with Gasteiger partial charge in [0.2, 0.25) is 10.0 Å². The van der Waals surface area contributed by atoms with E-state index in [0.717, 1.165) is 16.3 Å². The number of methoxy groups -OCH3 is 1. The zero-order valence-corrected chi connectivity index (χ0v) is 16.0. The number of carbonyl (C=O) groups is 1. The van der Waals surface area contributed by atoms with Gasteiger partial charge in [-0.3, -0.25) is 0 Å². The SMILES string of the molecule is COC(=O)c1cc(S(=O)(=O)NCCc2ccc3ccccc3c2)ccc1C. The van der Waals surface area contributed by atoms with E-state index in [9.17, 15) is 13.2 Å². The lowest BCUT2D eigenvalue weighted by molar-refractivity contribution is 0.0599. The summed E-state index contributed by atoms with van der Waals surface area (Å²) in [7, 11) is -2.44. The molecule has 0 aliphatic rings. The molecule has 27 heavy (non-hydrogen) atoms. The molecule has 0 heterocycles. The predicted molar refractivity (Wildman–Crippen MR) is 105 cm³/mol. The first-order chi connectivity index (χ1) is 12.9. The third-order valence-electron chi connectivity index (χ3n) is 4.44. The van der Waals surface area contributed by atoms with Crippen molar-refractivity contribution < 1.29 is 17.9 Å². The number of aryl methyl sites for hydroxylation is 1. The van der Waals surface area contributed by atoms with Crippen molar-refractivity contribution in [2.45, 2.75) is 18.2 Å². The molecule has 3 rings (SSSR count). The molecule has 0 radical (unpaired) electrons. The van der Waals surface area contributed by atoms with Crippen molar-refractivity contribution in [3.05, 3.63) is 77.4 Å². The Morgan fingerprint density at radius 2 is 1.74 bits per heavy atom. The van der Waals surface area contributed by atoms with Gasteiger partial charge in [-0.2, -0.15) is 0 Å². The molecule has 0 saturated carbocycles. The topological polar surface area (TPSA) is 72.5 Å². The highest BCUT2D eigenvalue weighted by atomic mass is 32.2. The van der Waals surface area contributed by atoms with Crippen LogP contribution < -0.4 is 4.72 Å². The lowest BCUT2D eigenvalue weighted by Gasteiger charge is -2.10. The molecule has 0 amide bonds. The van der Waals surface area contributed by atoms with Crippen LogP contribution in [0.15, 0.2) is 65.6 Å². The van der Waals surface area contributed by atoms with E-state index in [1.54, 1.807) is 13.0 Å². The van der Waals surface area contributed by atoms with E-state index >= 15 is 0 Å².